The Morgan fingerprint density at radius 2 is 2.24 bits per heavy atom. The Morgan fingerprint density at radius 3 is 2.82 bits per heavy atom. The fourth-order valence-electron chi connectivity index (χ4n) is 1.61. The van der Waals surface area contributed by atoms with Crippen LogP contribution in [0.15, 0.2) is 22.6 Å². The van der Waals surface area contributed by atoms with Gasteiger partial charge in [0.15, 0.2) is 5.58 Å². The highest BCUT2D eigenvalue weighted by Gasteiger charge is 2.15. The van der Waals surface area contributed by atoms with Crippen LogP contribution in [0, 0.1) is 5.92 Å². The molecule has 0 saturated heterocycles. The van der Waals surface area contributed by atoms with Crippen molar-refractivity contribution in [2.45, 2.75) is 19.9 Å². The first-order chi connectivity index (χ1) is 8.11. The van der Waals surface area contributed by atoms with Gasteiger partial charge < -0.3 is 20.6 Å². The number of benzene rings is 1. The van der Waals surface area contributed by atoms with Crippen LogP contribution in [-0.4, -0.2) is 22.7 Å². The average Bonchev–Trinajstić information content (AvgIpc) is 2.69. The average molecular weight is 235 g/mol. The van der Waals surface area contributed by atoms with E-state index in [4.69, 9.17) is 10.2 Å². The lowest BCUT2D eigenvalue weighted by molar-refractivity contribution is 0.247. The first-order valence-corrected chi connectivity index (χ1v) is 5.64. The van der Waals surface area contributed by atoms with E-state index in [0.717, 1.165) is 0 Å². The van der Waals surface area contributed by atoms with Crippen LogP contribution in [0.25, 0.3) is 11.1 Å². The summed E-state index contributed by atoms with van der Waals surface area (Å²) in [6.45, 7) is 4.07. The number of hydrogen-bond acceptors (Lipinski definition) is 5. The van der Waals surface area contributed by atoms with E-state index in [2.05, 4.69) is 10.3 Å². The van der Waals surface area contributed by atoms with Crippen molar-refractivity contribution in [1.82, 2.24) is 4.98 Å². The number of nitrogen functional groups attached to an aromatic ring is 1. The van der Waals surface area contributed by atoms with Gasteiger partial charge in [0, 0.05) is 0 Å². The lowest BCUT2D eigenvalue weighted by Gasteiger charge is -2.18. The third kappa shape index (κ3) is 2.34. The van der Waals surface area contributed by atoms with Crippen molar-refractivity contribution in [3.8, 4) is 0 Å². The van der Waals surface area contributed by atoms with Gasteiger partial charge in [-0.25, -0.2) is 0 Å². The minimum Gasteiger partial charge on any atom is -0.423 e. The molecule has 1 heterocycles. The maximum atomic E-state index is 9.23. The van der Waals surface area contributed by atoms with Crippen molar-refractivity contribution in [2.24, 2.45) is 5.92 Å². The normalized spacial score (nSPS) is 13.2. The van der Waals surface area contributed by atoms with E-state index in [0.29, 0.717) is 22.8 Å². The van der Waals surface area contributed by atoms with Gasteiger partial charge in [-0.3, -0.25) is 0 Å². The number of aromatic nitrogens is 1. The monoisotopic (exact) mass is 235 g/mol. The van der Waals surface area contributed by atoms with E-state index in [1.54, 1.807) is 6.07 Å². The number of nitrogens with two attached hydrogens (primary N) is 1. The number of para-hydroxylation sites is 1. The molecule has 0 spiro atoms. The zero-order valence-electron chi connectivity index (χ0n) is 9.97. The summed E-state index contributed by atoms with van der Waals surface area (Å²) in [5.41, 5.74) is 7.68. The molecule has 4 N–H and O–H groups in total. The molecule has 5 nitrogen and oxygen atoms in total. The van der Waals surface area contributed by atoms with Gasteiger partial charge in [0.25, 0.3) is 6.01 Å². The zero-order valence-corrected chi connectivity index (χ0v) is 9.97. The summed E-state index contributed by atoms with van der Waals surface area (Å²) in [4.78, 5) is 4.27. The Hall–Kier alpha value is -1.75. The molecule has 1 aromatic heterocycles. The number of fused-ring (bicyclic) bond motifs is 1. The van der Waals surface area contributed by atoms with Crippen LogP contribution in [0.3, 0.4) is 0 Å². The number of nitrogens with zero attached hydrogens (tertiary/aromatic N) is 1. The van der Waals surface area contributed by atoms with Crippen molar-refractivity contribution in [3.63, 3.8) is 0 Å². The summed E-state index contributed by atoms with van der Waals surface area (Å²) >= 11 is 0. The topological polar surface area (TPSA) is 84.3 Å². The van der Waals surface area contributed by atoms with Crippen LogP contribution in [0.4, 0.5) is 11.7 Å². The van der Waals surface area contributed by atoms with E-state index in [-0.39, 0.29) is 18.6 Å². The van der Waals surface area contributed by atoms with E-state index in [9.17, 15) is 5.11 Å². The summed E-state index contributed by atoms with van der Waals surface area (Å²) in [6.07, 6.45) is 0. The fourth-order valence-corrected chi connectivity index (χ4v) is 1.61. The quantitative estimate of drug-likeness (QED) is 0.704. The molecule has 17 heavy (non-hydrogen) atoms. The van der Waals surface area contributed by atoms with Crippen molar-refractivity contribution < 1.29 is 9.52 Å². The Kier molecular flexibility index (Phi) is 3.19. The van der Waals surface area contributed by atoms with Gasteiger partial charge in [-0.15, -0.1) is 0 Å². The van der Waals surface area contributed by atoms with Crippen LogP contribution in [0.1, 0.15) is 13.8 Å². The third-order valence-corrected chi connectivity index (χ3v) is 2.76. The number of oxazole rings is 1. The first-order valence-electron chi connectivity index (χ1n) is 5.64. The molecule has 0 aliphatic carbocycles. The Bertz CT molecular complexity index is 507. The van der Waals surface area contributed by atoms with Gasteiger partial charge in [0.1, 0.15) is 5.52 Å². The summed E-state index contributed by atoms with van der Waals surface area (Å²) in [7, 11) is 0. The molecule has 0 saturated carbocycles. The summed E-state index contributed by atoms with van der Waals surface area (Å²) in [5.74, 6) is 0.285. The van der Waals surface area contributed by atoms with Crippen LogP contribution in [0.2, 0.25) is 0 Å². The molecule has 0 radical (unpaired) electrons. The predicted octanol–water partition coefficient (Wildman–Crippen LogP) is 1.84. The maximum Gasteiger partial charge on any atom is 0.296 e. The number of rotatable bonds is 4. The molecule has 1 unspecified atom stereocenters. The second kappa shape index (κ2) is 4.63. The Balaban J connectivity index is 2.28. The van der Waals surface area contributed by atoms with Crippen LogP contribution in [-0.2, 0) is 0 Å². The minimum absolute atomic E-state index is 0.0336. The van der Waals surface area contributed by atoms with E-state index >= 15 is 0 Å². The summed E-state index contributed by atoms with van der Waals surface area (Å²) in [6, 6.07) is 5.72. The van der Waals surface area contributed by atoms with Gasteiger partial charge in [-0.1, -0.05) is 19.9 Å². The second-order valence-corrected chi connectivity index (χ2v) is 4.39. The van der Waals surface area contributed by atoms with E-state index < -0.39 is 0 Å². The summed E-state index contributed by atoms with van der Waals surface area (Å²) in [5, 5.41) is 12.3. The fraction of sp³-hybridized carbons (Fsp3) is 0.417. The minimum atomic E-state index is -0.0794. The van der Waals surface area contributed by atoms with Crippen molar-refractivity contribution >= 4 is 22.8 Å². The van der Waals surface area contributed by atoms with E-state index in [1.807, 2.05) is 26.0 Å². The van der Waals surface area contributed by atoms with Crippen molar-refractivity contribution in [3.05, 3.63) is 18.2 Å². The highest BCUT2D eigenvalue weighted by Crippen LogP contribution is 2.24. The molecule has 2 rings (SSSR count). The van der Waals surface area contributed by atoms with Gasteiger partial charge in [-0.05, 0) is 18.1 Å². The van der Waals surface area contributed by atoms with Gasteiger partial charge in [-0.2, -0.15) is 4.98 Å². The Morgan fingerprint density at radius 1 is 1.47 bits per heavy atom. The molecule has 2 aromatic rings. The van der Waals surface area contributed by atoms with E-state index in [1.165, 1.54) is 0 Å². The molecule has 0 fully saturated rings. The largest absolute Gasteiger partial charge is 0.423 e. The molecular formula is C12H17N3O2. The highest BCUT2D eigenvalue weighted by molar-refractivity contribution is 5.86. The van der Waals surface area contributed by atoms with Crippen LogP contribution < -0.4 is 11.1 Å². The smallest absolute Gasteiger partial charge is 0.296 e. The number of aliphatic hydroxyl groups excluding tert-OH is 1. The molecule has 0 amide bonds. The zero-order chi connectivity index (χ0) is 12.4. The maximum absolute atomic E-state index is 9.23. The van der Waals surface area contributed by atoms with Gasteiger partial charge in [0.05, 0.1) is 18.3 Å². The SMILES string of the molecule is CC(C)C(CO)Nc1nc2c(N)cccc2o1. The molecule has 5 heteroatoms. The molecule has 92 valence electrons. The lowest BCUT2D eigenvalue weighted by atomic mass is 10.1. The third-order valence-electron chi connectivity index (χ3n) is 2.76. The number of anilines is 2. The highest BCUT2D eigenvalue weighted by atomic mass is 16.4. The van der Waals surface area contributed by atoms with Gasteiger partial charge >= 0.3 is 0 Å². The lowest BCUT2D eigenvalue weighted by Crippen LogP contribution is -2.29. The number of nitrogens with one attached hydrogen (secondary N) is 1. The molecular weight excluding hydrogens is 218 g/mol. The predicted molar refractivity (Wildman–Crippen MR) is 67.8 cm³/mol. The van der Waals surface area contributed by atoms with Crippen LogP contribution in [0.5, 0.6) is 0 Å². The number of aliphatic hydroxyl groups is 1. The Labute approximate surface area is 99.6 Å². The van der Waals surface area contributed by atoms with Crippen molar-refractivity contribution in [1.29, 1.82) is 0 Å². The summed E-state index contributed by atoms with van der Waals surface area (Å²) < 4.78 is 5.52. The molecule has 0 aliphatic heterocycles. The van der Waals surface area contributed by atoms with Crippen molar-refractivity contribution in [2.75, 3.05) is 17.7 Å². The number of hydrogen-bond donors (Lipinski definition) is 3. The molecule has 1 aromatic carbocycles. The standard InChI is InChI=1S/C12H17N3O2/c1-7(2)9(6-16)14-12-15-11-8(13)4-3-5-10(11)17-12/h3-5,7,9,16H,6,13H2,1-2H3,(H,14,15). The molecule has 0 aliphatic rings. The molecule has 0 bridgehead atoms. The second-order valence-electron chi connectivity index (χ2n) is 4.39. The van der Waals surface area contributed by atoms with Crippen LogP contribution >= 0.6 is 0 Å². The van der Waals surface area contributed by atoms with Gasteiger partial charge in [0.2, 0.25) is 0 Å². The molecule has 1 atom stereocenters. The first kappa shape index (κ1) is 11.7.